The zero-order valence-corrected chi connectivity index (χ0v) is 12.9. The molecule has 0 aliphatic heterocycles. The van der Waals surface area contributed by atoms with Crippen molar-refractivity contribution in [2.75, 3.05) is 20.3 Å². The van der Waals surface area contributed by atoms with Gasteiger partial charge in [-0.1, -0.05) is 6.07 Å². The molecule has 0 atom stereocenters. The van der Waals surface area contributed by atoms with Gasteiger partial charge in [0, 0.05) is 19.3 Å². The lowest BCUT2D eigenvalue weighted by molar-refractivity contribution is 0.310. The first-order valence-electron chi connectivity index (χ1n) is 7.22. The number of rotatable bonds is 8. The summed E-state index contributed by atoms with van der Waals surface area (Å²) in [6.07, 6.45) is 3.92. The molecule has 0 unspecified atom stereocenters. The van der Waals surface area contributed by atoms with Gasteiger partial charge in [0.15, 0.2) is 11.5 Å². The first kappa shape index (κ1) is 15.4. The molecule has 2 aromatic rings. The molecule has 21 heavy (non-hydrogen) atoms. The maximum atomic E-state index is 5.51. The Balaban J connectivity index is 1.82. The first-order chi connectivity index (χ1) is 10.2. The zero-order chi connectivity index (χ0) is 15.1. The maximum Gasteiger partial charge on any atom is 0.161 e. The molecule has 0 aliphatic rings. The van der Waals surface area contributed by atoms with Gasteiger partial charge in [0.1, 0.15) is 0 Å². The lowest BCUT2D eigenvalue weighted by Crippen LogP contribution is -2.19. The molecule has 5 nitrogen and oxygen atoms in total. The Morgan fingerprint density at radius 3 is 2.81 bits per heavy atom. The van der Waals surface area contributed by atoms with E-state index in [4.69, 9.17) is 9.47 Å². The summed E-state index contributed by atoms with van der Waals surface area (Å²) in [5.41, 5.74) is 2.36. The molecular weight excluding hydrogens is 266 g/mol. The molecule has 114 valence electrons. The van der Waals surface area contributed by atoms with Crippen molar-refractivity contribution in [1.82, 2.24) is 15.1 Å². The Morgan fingerprint density at radius 1 is 1.29 bits per heavy atom. The summed E-state index contributed by atoms with van der Waals surface area (Å²) < 4.78 is 12.8. The Kier molecular flexibility index (Phi) is 5.63. The van der Waals surface area contributed by atoms with Gasteiger partial charge >= 0.3 is 0 Å². The zero-order valence-electron chi connectivity index (χ0n) is 12.9. The molecule has 0 spiro atoms. The minimum absolute atomic E-state index is 0.636. The lowest BCUT2D eigenvalue weighted by Gasteiger charge is -2.11. The highest BCUT2D eigenvalue weighted by Crippen LogP contribution is 2.27. The summed E-state index contributed by atoms with van der Waals surface area (Å²) >= 11 is 0. The summed E-state index contributed by atoms with van der Waals surface area (Å²) in [7, 11) is 1.66. The van der Waals surface area contributed by atoms with Crippen molar-refractivity contribution in [2.24, 2.45) is 0 Å². The highest BCUT2D eigenvalue weighted by atomic mass is 16.5. The first-order valence-corrected chi connectivity index (χ1v) is 7.22. The van der Waals surface area contributed by atoms with Gasteiger partial charge in [-0.05, 0) is 37.1 Å². The van der Waals surface area contributed by atoms with Crippen LogP contribution in [0.25, 0.3) is 0 Å². The van der Waals surface area contributed by atoms with Crippen LogP contribution in [0.5, 0.6) is 11.5 Å². The number of methoxy groups -OCH3 is 1. The van der Waals surface area contributed by atoms with Gasteiger partial charge in [0.25, 0.3) is 0 Å². The second kappa shape index (κ2) is 7.69. The molecule has 1 heterocycles. The average Bonchev–Trinajstić information content (AvgIpc) is 2.90. The van der Waals surface area contributed by atoms with Gasteiger partial charge in [-0.15, -0.1) is 0 Å². The van der Waals surface area contributed by atoms with E-state index in [-0.39, 0.29) is 0 Å². The molecular formula is C16H23N3O2. The van der Waals surface area contributed by atoms with Crippen LogP contribution >= 0.6 is 0 Å². The summed E-state index contributed by atoms with van der Waals surface area (Å²) in [6.45, 7) is 7.17. The van der Waals surface area contributed by atoms with Crippen LogP contribution in [0.1, 0.15) is 18.1 Å². The summed E-state index contributed by atoms with van der Waals surface area (Å²) in [5.74, 6) is 1.56. The number of aryl methyl sites for hydroxylation is 1. The van der Waals surface area contributed by atoms with Crippen molar-refractivity contribution in [3.05, 3.63) is 41.7 Å². The van der Waals surface area contributed by atoms with Crippen LogP contribution in [-0.2, 0) is 13.1 Å². The number of aromatic nitrogens is 2. The number of nitrogens with zero attached hydrogens (tertiary/aromatic N) is 2. The molecule has 2 rings (SSSR count). The molecule has 0 amide bonds. The van der Waals surface area contributed by atoms with Gasteiger partial charge in [-0.3, -0.25) is 4.68 Å². The van der Waals surface area contributed by atoms with Crippen molar-refractivity contribution in [2.45, 2.75) is 26.9 Å². The third-order valence-corrected chi connectivity index (χ3v) is 3.14. The van der Waals surface area contributed by atoms with Crippen molar-refractivity contribution < 1.29 is 9.47 Å². The fourth-order valence-electron chi connectivity index (χ4n) is 2.11. The Hall–Kier alpha value is -2.01. The van der Waals surface area contributed by atoms with E-state index >= 15 is 0 Å². The van der Waals surface area contributed by atoms with Crippen LogP contribution < -0.4 is 14.8 Å². The van der Waals surface area contributed by atoms with Crippen molar-refractivity contribution >= 4 is 0 Å². The monoisotopic (exact) mass is 289 g/mol. The molecule has 1 aromatic heterocycles. The van der Waals surface area contributed by atoms with E-state index in [1.54, 1.807) is 7.11 Å². The minimum atomic E-state index is 0.636. The van der Waals surface area contributed by atoms with Crippen LogP contribution in [0.2, 0.25) is 0 Å². The standard InChI is InChI=1S/C16H23N3O2/c1-4-21-15-6-5-14(9-16(15)20-3)11-17-7-8-19-12-13(2)10-18-19/h5-6,9-10,12,17H,4,7-8,11H2,1-3H3. The fourth-order valence-corrected chi connectivity index (χ4v) is 2.11. The second-order valence-electron chi connectivity index (χ2n) is 4.88. The number of hydrogen-bond donors (Lipinski definition) is 1. The van der Waals surface area contributed by atoms with Crippen LogP contribution in [-0.4, -0.2) is 30.0 Å². The SMILES string of the molecule is CCOc1ccc(CNCCn2cc(C)cn2)cc1OC. The Labute approximate surface area is 125 Å². The van der Waals surface area contributed by atoms with Gasteiger partial charge < -0.3 is 14.8 Å². The minimum Gasteiger partial charge on any atom is -0.493 e. The molecule has 0 aliphatic carbocycles. The molecule has 5 heteroatoms. The Morgan fingerprint density at radius 2 is 2.14 bits per heavy atom. The van der Waals surface area contributed by atoms with E-state index in [0.717, 1.165) is 31.1 Å². The molecule has 0 saturated carbocycles. The highest BCUT2D eigenvalue weighted by molar-refractivity contribution is 5.42. The number of benzene rings is 1. The predicted molar refractivity (Wildman–Crippen MR) is 82.8 cm³/mol. The lowest BCUT2D eigenvalue weighted by atomic mass is 10.2. The molecule has 0 saturated heterocycles. The van der Waals surface area contributed by atoms with Crippen LogP contribution in [0.4, 0.5) is 0 Å². The molecule has 0 fully saturated rings. The summed E-state index contributed by atoms with van der Waals surface area (Å²) in [6, 6.07) is 6.02. The number of hydrogen-bond acceptors (Lipinski definition) is 4. The molecule has 0 radical (unpaired) electrons. The van der Waals surface area contributed by atoms with Gasteiger partial charge in [0.2, 0.25) is 0 Å². The van der Waals surface area contributed by atoms with E-state index in [1.165, 1.54) is 11.1 Å². The predicted octanol–water partition coefficient (Wildman–Crippen LogP) is 2.39. The fraction of sp³-hybridized carbons (Fsp3) is 0.438. The molecule has 1 N–H and O–H groups in total. The maximum absolute atomic E-state index is 5.51. The topological polar surface area (TPSA) is 48.3 Å². The Bertz CT molecular complexity index is 566. The van der Waals surface area contributed by atoms with Crippen LogP contribution in [0, 0.1) is 6.92 Å². The summed E-state index contributed by atoms with van der Waals surface area (Å²) in [4.78, 5) is 0. The normalized spacial score (nSPS) is 10.6. The van der Waals surface area contributed by atoms with E-state index in [0.29, 0.717) is 6.61 Å². The van der Waals surface area contributed by atoms with Crippen LogP contribution in [0.3, 0.4) is 0 Å². The third kappa shape index (κ3) is 4.49. The highest BCUT2D eigenvalue weighted by Gasteiger charge is 2.05. The van der Waals surface area contributed by atoms with Crippen molar-refractivity contribution in [3.63, 3.8) is 0 Å². The van der Waals surface area contributed by atoms with Crippen molar-refractivity contribution in [1.29, 1.82) is 0 Å². The van der Waals surface area contributed by atoms with Crippen LogP contribution in [0.15, 0.2) is 30.6 Å². The molecule has 0 bridgehead atoms. The number of nitrogens with one attached hydrogen (secondary N) is 1. The summed E-state index contributed by atoms with van der Waals surface area (Å²) in [5, 5.41) is 7.66. The van der Waals surface area contributed by atoms with E-state index in [9.17, 15) is 0 Å². The average molecular weight is 289 g/mol. The van der Waals surface area contributed by atoms with E-state index in [1.807, 2.05) is 43.1 Å². The van der Waals surface area contributed by atoms with E-state index < -0.39 is 0 Å². The van der Waals surface area contributed by atoms with Gasteiger partial charge in [-0.2, -0.15) is 5.10 Å². The third-order valence-electron chi connectivity index (χ3n) is 3.14. The second-order valence-corrected chi connectivity index (χ2v) is 4.88. The smallest absolute Gasteiger partial charge is 0.161 e. The molecule has 1 aromatic carbocycles. The largest absolute Gasteiger partial charge is 0.493 e. The van der Waals surface area contributed by atoms with Gasteiger partial charge in [-0.25, -0.2) is 0 Å². The quantitative estimate of drug-likeness (QED) is 0.758. The van der Waals surface area contributed by atoms with Gasteiger partial charge in [0.05, 0.1) is 26.5 Å². The van der Waals surface area contributed by atoms with E-state index in [2.05, 4.69) is 16.5 Å². The number of ether oxygens (including phenoxy) is 2. The van der Waals surface area contributed by atoms with Crippen molar-refractivity contribution in [3.8, 4) is 11.5 Å².